The molecule has 4 rings (SSSR count). The molecule has 2 aliphatic rings. The third-order valence-electron chi connectivity index (χ3n) is 10.7. The number of benzene rings is 2. The Morgan fingerprint density at radius 1 is 0.383 bits per heavy atom. The zero-order valence-electron chi connectivity index (χ0n) is 34.0. The maximum Gasteiger partial charge on any atom is 0.0122 e. The lowest BCUT2D eigenvalue weighted by Gasteiger charge is -2.45. The molecule has 2 aliphatic carbocycles. The fourth-order valence-electron chi connectivity index (χ4n) is 7.62. The molecule has 47 heavy (non-hydrogen) atoms. The molecule has 4 atom stereocenters. The molecule has 2 heteroatoms. The smallest absolute Gasteiger partial charge is 0.0122 e. The van der Waals surface area contributed by atoms with Gasteiger partial charge in [-0.3, -0.25) is 0 Å². The largest absolute Gasteiger partial charge is 0.0814 e. The minimum absolute atomic E-state index is 0.105. The van der Waals surface area contributed by atoms with Crippen LogP contribution < -0.4 is 10.6 Å². The van der Waals surface area contributed by atoms with Gasteiger partial charge in [0.1, 0.15) is 0 Å². The lowest BCUT2D eigenvalue weighted by Crippen LogP contribution is -2.41. The molecule has 0 saturated heterocycles. The van der Waals surface area contributed by atoms with Gasteiger partial charge in [-0.1, -0.05) is 184 Å². The van der Waals surface area contributed by atoms with E-state index in [-0.39, 0.29) is 32.5 Å². The van der Waals surface area contributed by atoms with E-state index >= 15 is 0 Å². The highest BCUT2D eigenvalue weighted by molar-refractivity contribution is 7.53. The van der Waals surface area contributed by atoms with Crippen LogP contribution in [0.5, 0.6) is 0 Å². The van der Waals surface area contributed by atoms with Gasteiger partial charge in [0.05, 0.1) is 0 Å². The molecule has 0 N–H and O–H groups in total. The number of hydrogen-bond acceptors (Lipinski definition) is 0. The van der Waals surface area contributed by atoms with Crippen molar-refractivity contribution in [2.45, 2.75) is 201 Å². The number of allylic oxidation sites excluding steroid dienone is 2. The van der Waals surface area contributed by atoms with Gasteiger partial charge < -0.3 is 0 Å². The first-order chi connectivity index (χ1) is 21.1. The van der Waals surface area contributed by atoms with Crippen molar-refractivity contribution >= 4 is 27.8 Å². The van der Waals surface area contributed by atoms with Crippen LogP contribution in [0.4, 0.5) is 0 Å². The summed E-state index contributed by atoms with van der Waals surface area (Å²) in [6, 6.07) is 10.4. The van der Waals surface area contributed by atoms with Crippen LogP contribution in [0.1, 0.15) is 190 Å². The summed E-state index contributed by atoms with van der Waals surface area (Å²) in [5.74, 6) is 0. The summed E-state index contributed by atoms with van der Waals surface area (Å²) < 4.78 is 0. The van der Waals surface area contributed by atoms with Gasteiger partial charge in [0, 0.05) is 11.3 Å². The average molecular weight is 675 g/mol. The van der Waals surface area contributed by atoms with Crippen LogP contribution in [-0.2, 0) is 32.5 Å². The molecule has 0 fully saturated rings. The monoisotopic (exact) mass is 675 g/mol. The average Bonchev–Trinajstić information content (AvgIpc) is 3.09. The summed E-state index contributed by atoms with van der Waals surface area (Å²) >= 11 is 0. The molecule has 4 unspecified atom stereocenters. The van der Waals surface area contributed by atoms with Crippen molar-refractivity contribution in [1.82, 2.24) is 0 Å². The molecule has 0 aliphatic heterocycles. The Morgan fingerprint density at radius 2 is 0.638 bits per heavy atom. The third-order valence-corrected chi connectivity index (χ3v) is 14.7. The lowest BCUT2D eigenvalue weighted by molar-refractivity contribution is 0.552. The van der Waals surface area contributed by atoms with Crippen LogP contribution in [0.2, 0.25) is 0 Å². The van der Waals surface area contributed by atoms with Crippen molar-refractivity contribution in [3.63, 3.8) is 0 Å². The van der Waals surface area contributed by atoms with Gasteiger partial charge in [0.25, 0.3) is 0 Å². The fourth-order valence-corrected chi connectivity index (χ4v) is 12.9. The first-order valence-corrected chi connectivity index (χ1v) is 20.9. The Kier molecular flexibility index (Phi) is 10.7. The van der Waals surface area contributed by atoms with E-state index in [1.54, 1.807) is 32.9 Å². The van der Waals surface area contributed by atoms with E-state index in [2.05, 4.69) is 149 Å². The molecule has 0 nitrogen and oxygen atoms in total. The van der Waals surface area contributed by atoms with Gasteiger partial charge in [-0.25, -0.2) is 0 Å². The molecule has 0 saturated carbocycles. The van der Waals surface area contributed by atoms with E-state index in [0.717, 1.165) is 17.2 Å². The summed E-state index contributed by atoms with van der Waals surface area (Å²) in [6.07, 6.45) is 6.78. The maximum atomic E-state index is 2.61. The van der Waals surface area contributed by atoms with Gasteiger partial charge >= 0.3 is 0 Å². The molecular weight excluding hydrogens is 602 g/mol. The second-order valence-corrected chi connectivity index (χ2v) is 24.1. The highest BCUT2D eigenvalue weighted by atomic mass is 31.1. The Hall–Kier alpha value is -0.960. The Bertz CT molecular complexity index is 1310. The zero-order valence-corrected chi connectivity index (χ0v) is 36.0. The molecular formula is C45H72P2. The second-order valence-electron chi connectivity index (χ2n) is 21.2. The van der Waals surface area contributed by atoms with Crippen molar-refractivity contribution in [1.29, 1.82) is 0 Å². The Labute approximate surface area is 296 Å². The number of rotatable bonds is 4. The minimum Gasteiger partial charge on any atom is -0.0814 e. The molecule has 0 radical (unpaired) electrons. The molecule has 0 heterocycles. The van der Waals surface area contributed by atoms with E-state index < -0.39 is 0 Å². The second kappa shape index (κ2) is 13.0. The molecule has 2 aromatic carbocycles. The highest BCUT2D eigenvalue weighted by Gasteiger charge is 2.43. The highest BCUT2D eigenvalue weighted by Crippen LogP contribution is 2.56. The summed E-state index contributed by atoms with van der Waals surface area (Å²) in [7, 11) is 1.67. The van der Waals surface area contributed by atoms with Crippen LogP contribution in [0.25, 0.3) is 0 Å². The van der Waals surface area contributed by atoms with Gasteiger partial charge in [-0.15, -0.1) is 0 Å². The van der Waals surface area contributed by atoms with Crippen LogP contribution in [-0.4, -0.2) is 11.3 Å². The van der Waals surface area contributed by atoms with Crippen molar-refractivity contribution in [2.75, 3.05) is 0 Å². The van der Waals surface area contributed by atoms with E-state index in [0.29, 0.717) is 11.3 Å². The SMILES string of the molecule is CC(C)(C)c1cc(C(C)(C)C)c(PC2C3=C(CCCCC3)C2Pc2c(C(C)(C)C)cc(C(C)(C)C)cc2C(C)(C)C)c(C(C)(C)C)c1. The van der Waals surface area contributed by atoms with Crippen LogP contribution >= 0.6 is 17.2 Å². The predicted molar refractivity (Wildman–Crippen MR) is 219 cm³/mol. The standard InChI is InChI=1S/C45H72P2/c1-40(2,3)28-24-32(42(7,8)9)38(33(25-28)43(10,11)12)46-36-30-22-20-19-21-23-31(30)37(36)47-39-34(44(13,14)15)26-29(41(4,5)6)27-35(39)45(16,17)18/h24-27,36-37,46-47H,19-23H2,1-18H3. The molecule has 0 spiro atoms. The van der Waals surface area contributed by atoms with Crippen molar-refractivity contribution in [3.8, 4) is 0 Å². The molecule has 262 valence electrons. The summed E-state index contributed by atoms with van der Waals surface area (Å²) in [5, 5.41) is 3.37. The van der Waals surface area contributed by atoms with Crippen molar-refractivity contribution in [2.24, 2.45) is 0 Å². The van der Waals surface area contributed by atoms with E-state index in [1.165, 1.54) is 43.2 Å². The third kappa shape index (κ3) is 8.51. The Balaban J connectivity index is 1.95. The van der Waals surface area contributed by atoms with Gasteiger partial charge in [-0.2, -0.15) is 0 Å². The first kappa shape index (κ1) is 38.8. The summed E-state index contributed by atoms with van der Waals surface area (Å²) in [4.78, 5) is 0. The van der Waals surface area contributed by atoms with Crippen molar-refractivity contribution < 1.29 is 0 Å². The van der Waals surface area contributed by atoms with Crippen LogP contribution in [0.3, 0.4) is 0 Å². The van der Waals surface area contributed by atoms with E-state index in [9.17, 15) is 0 Å². The quantitative estimate of drug-likeness (QED) is 0.224. The van der Waals surface area contributed by atoms with Crippen LogP contribution in [0.15, 0.2) is 35.4 Å². The summed E-state index contributed by atoms with van der Waals surface area (Å²) in [5.41, 5.74) is 15.1. The predicted octanol–water partition coefficient (Wildman–Crippen LogP) is 12.8. The van der Waals surface area contributed by atoms with Gasteiger partial charge in [-0.05, 0) is 102 Å². The topological polar surface area (TPSA) is 0 Å². The lowest BCUT2D eigenvalue weighted by atomic mass is 9.75. The van der Waals surface area contributed by atoms with Crippen molar-refractivity contribution in [3.05, 3.63) is 68.8 Å². The molecule has 0 amide bonds. The van der Waals surface area contributed by atoms with E-state index in [1.807, 2.05) is 11.1 Å². The number of hydrogen-bond donors (Lipinski definition) is 0. The summed E-state index contributed by atoms with van der Waals surface area (Å²) in [6.45, 7) is 43.8. The van der Waals surface area contributed by atoms with Gasteiger partial charge in [0.15, 0.2) is 0 Å². The Morgan fingerprint density at radius 3 is 0.851 bits per heavy atom. The maximum absolute atomic E-state index is 2.61. The van der Waals surface area contributed by atoms with E-state index in [4.69, 9.17) is 0 Å². The first-order valence-electron chi connectivity index (χ1n) is 18.8. The zero-order chi connectivity index (χ0) is 35.7. The molecule has 0 bridgehead atoms. The minimum atomic E-state index is 0.105. The molecule has 0 aromatic heterocycles. The van der Waals surface area contributed by atoms with Crippen LogP contribution in [0, 0.1) is 0 Å². The fraction of sp³-hybridized carbons (Fsp3) is 0.689. The normalized spacial score (nSPS) is 20.7. The van der Waals surface area contributed by atoms with Gasteiger partial charge in [0.2, 0.25) is 0 Å². The molecule has 2 aromatic rings.